The normalized spacial score (nSPS) is 14.7. The van der Waals surface area contributed by atoms with E-state index in [9.17, 15) is 0 Å². The van der Waals surface area contributed by atoms with Crippen molar-refractivity contribution >= 4 is 56.9 Å². The largest absolute Gasteiger partial charge is 0.339 e. The lowest BCUT2D eigenvalue weighted by Gasteiger charge is -2.39. The first-order valence-corrected chi connectivity index (χ1v) is 16.3. The molecule has 4 aromatic heterocycles. The molecule has 0 spiro atoms. The fraction of sp³-hybridized carbons (Fsp3) is 0.167. The van der Waals surface area contributed by atoms with Crippen LogP contribution in [0.15, 0.2) is 110 Å². The molecule has 3 aromatic carbocycles. The van der Waals surface area contributed by atoms with Crippen LogP contribution in [0, 0.1) is 0 Å². The van der Waals surface area contributed by atoms with E-state index in [-0.39, 0.29) is 0 Å². The Morgan fingerprint density at radius 2 is 1.02 bits per heavy atom. The summed E-state index contributed by atoms with van der Waals surface area (Å²) >= 11 is 12.1. The van der Waals surface area contributed by atoms with Crippen molar-refractivity contribution in [3.63, 3.8) is 0 Å². The quantitative estimate of drug-likeness (QED) is 0.189. The van der Waals surface area contributed by atoms with Gasteiger partial charge in [0.1, 0.15) is 0 Å². The lowest BCUT2D eigenvalue weighted by molar-refractivity contribution is 0.502. The number of hydrogen-bond donors (Lipinski definition) is 0. The maximum atomic E-state index is 6.08. The van der Waals surface area contributed by atoms with Crippen LogP contribution < -0.4 is 9.80 Å². The second kappa shape index (κ2) is 13.1. The molecule has 0 radical (unpaired) electrons. The van der Waals surface area contributed by atoms with Crippen molar-refractivity contribution in [1.82, 2.24) is 39.9 Å². The van der Waals surface area contributed by atoms with Crippen LogP contribution in [0.1, 0.15) is 23.2 Å². The van der Waals surface area contributed by atoms with E-state index in [0.717, 1.165) is 82.5 Å². The Balaban J connectivity index is 0.000000145. The van der Waals surface area contributed by atoms with Crippen LogP contribution in [0.2, 0.25) is 10.2 Å². The van der Waals surface area contributed by atoms with E-state index in [1.54, 1.807) is 24.8 Å². The zero-order valence-electron chi connectivity index (χ0n) is 25.6. The molecule has 2 fully saturated rings. The molecule has 2 aliphatic heterocycles. The van der Waals surface area contributed by atoms with E-state index >= 15 is 0 Å². The van der Waals surface area contributed by atoms with E-state index in [1.165, 1.54) is 0 Å². The molecular formula is C36H28Cl2N10. The minimum absolute atomic E-state index is 0.293. The molecule has 0 bridgehead atoms. The average molecular weight is 672 g/mol. The summed E-state index contributed by atoms with van der Waals surface area (Å²) in [5.41, 5.74) is 5.74. The maximum absolute atomic E-state index is 6.08. The van der Waals surface area contributed by atoms with Gasteiger partial charge in [-0.15, -0.1) is 0 Å². The average Bonchev–Trinajstić information content (AvgIpc) is 3.09. The summed E-state index contributed by atoms with van der Waals surface area (Å²) in [5.74, 6) is 2.12. The summed E-state index contributed by atoms with van der Waals surface area (Å²) in [6.45, 7) is 3.29. The van der Waals surface area contributed by atoms with Gasteiger partial charge in [-0.3, -0.25) is 15.0 Å². The molecule has 2 aliphatic rings. The highest BCUT2D eigenvalue weighted by atomic mass is 35.5. The van der Waals surface area contributed by atoms with Crippen LogP contribution in [-0.4, -0.2) is 66.1 Å². The number of benzene rings is 3. The Labute approximate surface area is 286 Å². The molecule has 6 heterocycles. The molecule has 0 saturated carbocycles. The first kappa shape index (κ1) is 30.0. The van der Waals surface area contributed by atoms with Crippen molar-refractivity contribution in [3.8, 4) is 11.3 Å². The summed E-state index contributed by atoms with van der Waals surface area (Å²) < 4.78 is 0. The molecule has 9 rings (SSSR count). The summed E-state index contributed by atoms with van der Waals surface area (Å²) in [6.07, 6.45) is 10.5. The SMILES string of the molecule is Clc1ccc(-c2nccnc2C2CN(c3ncc4ccccc4n3)C2)cc1.Clc1nccnc1C1CN(c2ncc3ccccc3n2)C1. The Kier molecular flexibility index (Phi) is 8.17. The summed E-state index contributed by atoms with van der Waals surface area (Å²) in [6, 6.07) is 23.7. The van der Waals surface area contributed by atoms with Gasteiger partial charge < -0.3 is 9.80 Å². The minimum atomic E-state index is 0.293. The summed E-state index contributed by atoms with van der Waals surface area (Å²) in [7, 11) is 0. The number of fused-ring (bicyclic) bond motifs is 2. The van der Waals surface area contributed by atoms with Gasteiger partial charge in [0.05, 0.1) is 28.1 Å². The Morgan fingerprint density at radius 3 is 1.60 bits per heavy atom. The summed E-state index contributed by atoms with van der Waals surface area (Å²) in [5, 5.41) is 3.31. The summed E-state index contributed by atoms with van der Waals surface area (Å²) in [4.78, 5) is 40.1. The number of aromatic nitrogens is 8. The monoisotopic (exact) mass is 670 g/mol. The van der Waals surface area contributed by atoms with Gasteiger partial charge in [0.25, 0.3) is 0 Å². The Hall–Kier alpha value is -5.32. The van der Waals surface area contributed by atoms with Gasteiger partial charge in [-0.2, -0.15) is 0 Å². The highest BCUT2D eigenvalue weighted by Crippen LogP contribution is 2.35. The van der Waals surface area contributed by atoms with Crippen molar-refractivity contribution in [2.24, 2.45) is 0 Å². The van der Waals surface area contributed by atoms with Gasteiger partial charge in [0.2, 0.25) is 11.9 Å². The number of para-hydroxylation sites is 2. The van der Waals surface area contributed by atoms with E-state index < -0.39 is 0 Å². The molecule has 48 heavy (non-hydrogen) atoms. The minimum Gasteiger partial charge on any atom is -0.339 e. The van der Waals surface area contributed by atoms with Crippen molar-refractivity contribution in [3.05, 3.63) is 132 Å². The van der Waals surface area contributed by atoms with Crippen molar-refractivity contribution in [2.45, 2.75) is 11.8 Å². The van der Waals surface area contributed by atoms with Crippen LogP contribution in [0.5, 0.6) is 0 Å². The van der Waals surface area contributed by atoms with Gasteiger partial charge in [0.15, 0.2) is 5.15 Å². The van der Waals surface area contributed by atoms with E-state index in [4.69, 9.17) is 23.2 Å². The highest BCUT2D eigenvalue weighted by Gasteiger charge is 2.34. The highest BCUT2D eigenvalue weighted by molar-refractivity contribution is 6.30. The molecule has 236 valence electrons. The molecule has 2 saturated heterocycles. The molecule has 0 unspecified atom stereocenters. The van der Waals surface area contributed by atoms with Crippen molar-refractivity contribution in [1.29, 1.82) is 0 Å². The number of nitrogens with zero attached hydrogens (tertiary/aromatic N) is 10. The molecule has 0 atom stereocenters. The predicted octanol–water partition coefficient (Wildman–Crippen LogP) is 7.02. The zero-order valence-corrected chi connectivity index (χ0v) is 27.1. The van der Waals surface area contributed by atoms with Crippen LogP contribution in [0.25, 0.3) is 33.1 Å². The number of hydrogen-bond acceptors (Lipinski definition) is 10. The number of rotatable bonds is 5. The Morgan fingerprint density at radius 1 is 0.521 bits per heavy atom. The van der Waals surface area contributed by atoms with Crippen LogP contribution in [0.4, 0.5) is 11.9 Å². The second-order valence-corrected chi connectivity index (χ2v) is 12.5. The van der Waals surface area contributed by atoms with Crippen LogP contribution in [0.3, 0.4) is 0 Å². The molecule has 0 N–H and O–H groups in total. The topological polar surface area (TPSA) is 110 Å². The molecule has 0 aliphatic carbocycles. The molecule has 10 nitrogen and oxygen atoms in total. The zero-order chi connectivity index (χ0) is 32.5. The smallest absolute Gasteiger partial charge is 0.225 e. The number of halogens is 2. The van der Waals surface area contributed by atoms with E-state index in [0.29, 0.717) is 22.0 Å². The Bertz CT molecular complexity index is 2220. The van der Waals surface area contributed by atoms with Crippen molar-refractivity contribution < 1.29 is 0 Å². The van der Waals surface area contributed by atoms with Gasteiger partial charge in [-0.1, -0.05) is 71.7 Å². The molecule has 0 amide bonds. The third-order valence-corrected chi connectivity index (χ3v) is 9.12. The van der Waals surface area contributed by atoms with E-state index in [2.05, 4.69) is 49.7 Å². The predicted molar refractivity (Wildman–Crippen MR) is 189 cm³/mol. The van der Waals surface area contributed by atoms with Gasteiger partial charge in [-0.25, -0.2) is 24.9 Å². The maximum Gasteiger partial charge on any atom is 0.225 e. The van der Waals surface area contributed by atoms with Gasteiger partial charge >= 0.3 is 0 Å². The van der Waals surface area contributed by atoms with Gasteiger partial charge in [0, 0.05) is 96.6 Å². The third-order valence-electron chi connectivity index (χ3n) is 8.58. The molecule has 7 aromatic rings. The number of anilines is 2. The van der Waals surface area contributed by atoms with Crippen LogP contribution in [-0.2, 0) is 0 Å². The van der Waals surface area contributed by atoms with Gasteiger partial charge in [-0.05, 0) is 24.3 Å². The first-order valence-electron chi connectivity index (χ1n) is 15.6. The van der Waals surface area contributed by atoms with Crippen LogP contribution >= 0.6 is 23.2 Å². The van der Waals surface area contributed by atoms with Crippen molar-refractivity contribution in [2.75, 3.05) is 36.0 Å². The first-order chi connectivity index (χ1) is 23.6. The fourth-order valence-electron chi connectivity index (χ4n) is 5.94. The third kappa shape index (κ3) is 6.08. The molecule has 12 heteroatoms. The standard InChI is InChI=1S/C21H16ClN5.C15H12ClN5/c22-17-7-5-14(6-8-17)19-20(24-10-9-23-19)16-12-27(13-16)21-25-11-15-3-1-2-4-18(15)26-21;16-14-13(17-5-6-18-14)11-8-21(9-11)15-19-7-10-3-1-2-4-12(10)20-15/h1-11,16H,12-13H2;1-7,11H,8-9H2. The lowest BCUT2D eigenvalue weighted by Crippen LogP contribution is -2.46. The second-order valence-electron chi connectivity index (χ2n) is 11.7. The molecular weight excluding hydrogens is 643 g/mol. The lowest BCUT2D eigenvalue weighted by atomic mass is 9.92. The fourth-order valence-corrected chi connectivity index (χ4v) is 6.33. The van der Waals surface area contributed by atoms with E-state index in [1.807, 2.05) is 85.2 Å².